The molecule has 2 N–H and O–H groups in total. The Morgan fingerprint density at radius 2 is 2.36 bits per heavy atom. The molecule has 0 amide bonds. The third kappa shape index (κ3) is 2.24. The van der Waals surface area contributed by atoms with E-state index in [-0.39, 0.29) is 6.04 Å². The maximum Gasteiger partial charge on any atom is 0.0953 e. The van der Waals surface area contributed by atoms with E-state index in [1.165, 1.54) is 5.57 Å². The predicted molar refractivity (Wildman–Crippen MR) is 45.1 cm³/mol. The van der Waals surface area contributed by atoms with Gasteiger partial charge < -0.3 is 10.2 Å². The Hall–Kier alpha value is -1.02. The van der Waals surface area contributed by atoms with Crippen LogP contribution in [0, 0.1) is 0 Å². The van der Waals surface area contributed by atoms with Crippen LogP contribution in [0.25, 0.3) is 0 Å². The largest absolute Gasteiger partial charge is 0.472 e. The van der Waals surface area contributed by atoms with Crippen molar-refractivity contribution in [2.24, 2.45) is 5.73 Å². The highest BCUT2D eigenvalue weighted by Crippen LogP contribution is 2.12. The molecule has 1 heterocycles. The molecule has 1 unspecified atom stereocenters. The Bertz CT molecular complexity index is 232. The molecule has 0 spiro atoms. The number of allylic oxidation sites excluding steroid dienone is 1. The molecule has 0 aromatic carbocycles. The van der Waals surface area contributed by atoms with E-state index in [1.54, 1.807) is 12.5 Å². The molecular weight excluding hydrogens is 138 g/mol. The highest BCUT2D eigenvalue weighted by atomic mass is 16.3. The van der Waals surface area contributed by atoms with Crippen LogP contribution in [0.1, 0.15) is 25.5 Å². The van der Waals surface area contributed by atoms with Gasteiger partial charge in [0.2, 0.25) is 0 Å². The summed E-state index contributed by atoms with van der Waals surface area (Å²) in [6.07, 6.45) is 5.31. The van der Waals surface area contributed by atoms with Gasteiger partial charge in [-0.15, -0.1) is 0 Å². The average molecular weight is 151 g/mol. The van der Waals surface area contributed by atoms with Crippen molar-refractivity contribution in [3.8, 4) is 0 Å². The minimum absolute atomic E-state index is 0.0289. The molecule has 2 nitrogen and oxygen atoms in total. The number of furan rings is 1. The van der Waals surface area contributed by atoms with Crippen molar-refractivity contribution in [3.05, 3.63) is 35.8 Å². The van der Waals surface area contributed by atoms with E-state index >= 15 is 0 Å². The van der Waals surface area contributed by atoms with Crippen molar-refractivity contribution in [3.63, 3.8) is 0 Å². The first-order chi connectivity index (χ1) is 5.20. The second kappa shape index (κ2) is 3.39. The lowest BCUT2D eigenvalue weighted by atomic mass is 10.1. The number of hydrogen-bond donors (Lipinski definition) is 1. The zero-order chi connectivity index (χ0) is 8.27. The van der Waals surface area contributed by atoms with E-state index in [1.807, 2.05) is 26.0 Å². The van der Waals surface area contributed by atoms with Gasteiger partial charge in [0.1, 0.15) is 0 Å². The lowest BCUT2D eigenvalue weighted by molar-refractivity contribution is 0.562. The van der Waals surface area contributed by atoms with Gasteiger partial charge in [-0.3, -0.25) is 0 Å². The van der Waals surface area contributed by atoms with Crippen molar-refractivity contribution >= 4 is 0 Å². The van der Waals surface area contributed by atoms with E-state index in [2.05, 4.69) is 0 Å². The van der Waals surface area contributed by atoms with Crippen molar-refractivity contribution in [2.75, 3.05) is 0 Å². The van der Waals surface area contributed by atoms with Crippen LogP contribution in [0.5, 0.6) is 0 Å². The van der Waals surface area contributed by atoms with Crippen molar-refractivity contribution < 1.29 is 4.42 Å². The molecule has 1 atom stereocenters. The quantitative estimate of drug-likeness (QED) is 0.658. The standard InChI is InChI=1S/C9H13NO/c1-7(2)5-9(10)8-3-4-11-6-8/h3-6,9H,10H2,1-2H3. The second-order valence-electron chi connectivity index (χ2n) is 2.83. The van der Waals surface area contributed by atoms with Crippen LogP contribution in [0.4, 0.5) is 0 Å². The van der Waals surface area contributed by atoms with Crippen molar-refractivity contribution in [2.45, 2.75) is 19.9 Å². The Morgan fingerprint density at radius 3 is 2.82 bits per heavy atom. The van der Waals surface area contributed by atoms with Crippen molar-refractivity contribution in [1.82, 2.24) is 0 Å². The molecule has 60 valence electrons. The lowest BCUT2D eigenvalue weighted by Gasteiger charge is -2.02. The highest BCUT2D eigenvalue weighted by molar-refractivity contribution is 5.18. The first-order valence-corrected chi connectivity index (χ1v) is 3.63. The summed E-state index contributed by atoms with van der Waals surface area (Å²) in [6, 6.07) is 1.85. The van der Waals surface area contributed by atoms with Crippen molar-refractivity contribution in [1.29, 1.82) is 0 Å². The molecule has 0 aliphatic heterocycles. The molecule has 11 heavy (non-hydrogen) atoms. The third-order valence-corrected chi connectivity index (χ3v) is 1.44. The number of hydrogen-bond acceptors (Lipinski definition) is 2. The molecule has 0 radical (unpaired) electrons. The smallest absolute Gasteiger partial charge is 0.0953 e. The summed E-state index contributed by atoms with van der Waals surface area (Å²) in [5.41, 5.74) is 8.04. The van der Waals surface area contributed by atoms with E-state index in [0.29, 0.717) is 0 Å². The average Bonchev–Trinajstić information content (AvgIpc) is 2.35. The number of rotatable bonds is 2. The van der Waals surface area contributed by atoms with Crippen LogP contribution in [0.3, 0.4) is 0 Å². The minimum Gasteiger partial charge on any atom is -0.472 e. The normalized spacial score (nSPS) is 12.6. The third-order valence-electron chi connectivity index (χ3n) is 1.44. The van der Waals surface area contributed by atoms with Crippen LogP contribution in [-0.2, 0) is 0 Å². The van der Waals surface area contributed by atoms with Gasteiger partial charge in [0, 0.05) is 5.56 Å². The van der Waals surface area contributed by atoms with Gasteiger partial charge in [-0.2, -0.15) is 0 Å². The first kappa shape index (κ1) is 8.08. The molecule has 0 saturated carbocycles. The van der Waals surface area contributed by atoms with Gasteiger partial charge in [-0.05, 0) is 19.9 Å². The maximum absolute atomic E-state index is 5.80. The summed E-state index contributed by atoms with van der Waals surface area (Å²) in [6.45, 7) is 4.06. The predicted octanol–water partition coefficient (Wildman–Crippen LogP) is 2.25. The second-order valence-corrected chi connectivity index (χ2v) is 2.83. The number of nitrogens with two attached hydrogens (primary N) is 1. The Balaban J connectivity index is 2.71. The zero-order valence-electron chi connectivity index (χ0n) is 6.87. The van der Waals surface area contributed by atoms with Gasteiger partial charge >= 0.3 is 0 Å². The molecule has 1 rings (SSSR count). The van der Waals surface area contributed by atoms with Gasteiger partial charge in [0.25, 0.3) is 0 Å². The monoisotopic (exact) mass is 151 g/mol. The van der Waals surface area contributed by atoms with Crippen LogP contribution in [0.15, 0.2) is 34.7 Å². The molecule has 1 aromatic rings. The molecular formula is C9H13NO. The summed E-state index contributed by atoms with van der Waals surface area (Å²) in [7, 11) is 0. The zero-order valence-corrected chi connectivity index (χ0v) is 6.87. The fourth-order valence-electron chi connectivity index (χ4n) is 0.920. The molecule has 1 aromatic heterocycles. The van der Waals surface area contributed by atoms with Crippen LogP contribution in [-0.4, -0.2) is 0 Å². The minimum atomic E-state index is -0.0289. The summed E-state index contributed by atoms with van der Waals surface area (Å²) in [5, 5.41) is 0. The SMILES string of the molecule is CC(C)=CC(N)c1ccoc1. The lowest BCUT2D eigenvalue weighted by Crippen LogP contribution is -2.05. The van der Waals surface area contributed by atoms with Gasteiger partial charge in [-0.25, -0.2) is 0 Å². The van der Waals surface area contributed by atoms with Crippen LogP contribution >= 0.6 is 0 Å². The summed E-state index contributed by atoms with van der Waals surface area (Å²) in [4.78, 5) is 0. The Morgan fingerprint density at radius 1 is 1.64 bits per heavy atom. The summed E-state index contributed by atoms with van der Waals surface area (Å²) < 4.78 is 4.91. The van der Waals surface area contributed by atoms with Crippen LogP contribution in [0.2, 0.25) is 0 Å². The molecule has 2 heteroatoms. The fraction of sp³-hybridized carbons (Fsp3) is 0.333. The van der Waals surface area contributed by atoms with E-state index < -0.39 is 0 Å². The molecule has 0 fully saturated rings. The fourth-order valence-corrected chi connectivity index (χ4v) is 0.920. The topological polar surface area (TPSA) is 39.2 Å². The molecule has 0 saturated heterocycles. The van der Waals surface area contributed by atoms with E-state index in [0.717, 1.165) is 5.56 Å². The Labute approximate surface area is 66.7 Å². The van der Waals surface area contributed by atoms with Crippen LogP contribution < -0.4 is 5.73 Å². The van der Waals surface area contributed by atoms with Gasteiger partial charge in [0.05, 0.1) is 18.6 Å². The maximum atomic E-state index is 5.80. The van der Waals surface area contributed by atoms with Gasteiger partial charge in [0.15, 0.2) is 0 Å². The van der Waals surface area contributed by atoms with Gasteiger partial charge in [-0.1, -0.05) is 11.6 Å². The highest BCUT2D eigenvalue weighted by Gasteiger charge is 2.01. The van der Waals surface area contributed by atoms with E-state index in [9.17, 15) is 0 Å². The molecule has 0 aliphatic rings. The Kier molecular flexibility index (Phi) is 2.49. The molecule has 0 aliphatic carbocycles. The molecule has 0 bridgehead atoms. The summed E-state index contributed by atoms with van der Waals surface area (Å²) >= 11 is 0. The first-order valence-electron chi connectivity index (χ1n) is 3.63. The summed E-state index contributed by atoms with van der Waals surface area (Å²) in [5.74, 6) is 0. The van der Waals surface area contributed by atoms with E-state index in [4.69, 9.17) is 10.2 Å².